The van der Waals surface area contributed by atoms with Gasteiger partial charge >= 0.3 is 0 Å². The topological polar surface area (TPSA) is 43.9 Å². The minimum atomic E-state index is -0.0564. The number of thiophene rings is 1. The maximum atomic E-state index is 13.0. The van der Waals surface area contributed by atoms with Gasteiger partial charge < -0.3 is 9.80 Å². The van der Waals surface area contributed by atoms with Crippen LogP contribution in [-0.4, -0.2) is 65.3 Å². The van der Waals surface area contributed by atoms with Gasteiger partial charge in [-0.25, -0.2) is 0 Å². The van der Waals surface area contributed by atoms with Crippen molar-refractivity contribution < 1.29 is 9.59 Å². The summed E-state index contributed by atoms with van der Waals surface area (Å²) in [4.78, 5) is 32.9. The van der Waals surface area contributed by atoms with Crippen LogP contribution in [0.25, 0.3) is 0 Å². The maximum absolute atomic E-state index is 13.0. The van der Waals surface area contributed by atoms with Crippen molar-refractivity contribution in [2.24, 2.45) is 0 Å². The van der Waals surface area contributed by atoms with E-state index < -0.39 is 0 Å². The Morgan fingerprint density at radius 2 is 1.97 bits per heavy atom. The van der Waals surface area contributed by atoms with Crippen LogP contribution in [0.4, 0.5) is 0 Å². The largest absolute Gasteiger partial charge is 0.338 e. The number of piperazine rings is 1. The summed E-state index contributed by atoms with van der Waals surface area (Å²) in [6.07, 6.45) is 3.15. The lowest BCUT2D eigenvalue weighted by atomic mass is 10.0. The predicted octanol–water partition coefficient (Wildman–Crippen LogP) is 2.57. The van der Waals surface area contributed by atoms with Gasteiger partial charge in [0.05, 0.1) is 12.6 Å². The van der Waals surface area contributed by atoms with Crippen molar-refractivity contribution in [1.82, 2.24) is 14.7 Å². The molecule has 1 saturated heterocycles. The van der Waals surface area contributed by atoms with Gasteiger partial charge in [-0.05, 0) is 41.5 Å². The first kappa shape index (κ1) is 19.9. The fourth-order valence-corrected chi connectivity index (χ4v) is 5.17. The van der Waals surface area contributed by atoms with Crippen LogP contribution in [0.3, 0.4) is 0 Å². The van der Waals surface area contributed by atoms with Crippen LogP contribution in [-0.2, 0) is 29.0 Å². The van der Waals surface area contributed by atoms with E-state index >= 15 is 0 Å². The Bertz CT molecular complexity index is 879. The smallest absolute Gasteiger partial charge is 0.246 e. The highest BCUT2D eigenvalue weighted by molar-refractivity contribution is 7.10. The molecule has 0 saturated carbocycles. The molecular formula is C23H27N3O2S. The molecule has 0 radical (unpaired) electrons. The van der Waals surface area contributed by atoms with Crippen molar-refractivity contribution in [2.45, 2.75) is 25.4 Å². The lowest BCUT2D eigenvalue weighted by Gasteiger charge is -2.42. The van der Waals surface area contributed by atoms with Gasteiger partial charge in [0.1, 0.15) is 0 Å². The van der Waals surface area contributed by atoms with Crippen LogP contribution in [0.1, 0.15) is 16.0 Å². The molecule has 1 atom stereocenters. The second-order valence-corrected chi connectivity index (χ2v) is 8.75. The lowest BCUT2D eigenvalue weighted by molar-refractivity contribution is -0.141. The molecule has 1 aromatic carbocycles. The third-order valence-corrected chi connectivity index (χ3v) is 6.88. The van der Waals surface area contributed by atoms with Gasteiger partial charge in [0.2, 0.25) is 11.8 Å². The number of carbonyl (C=O) groups is 2. The first-order valence-corrected chi connectivity index (χ1v) is 11.0. The molecule has 6 heteroatoms. The normalized spacial score (nSPS) is 19.7. The van der Waals surface area contributed by atoms with Gasteiger partial charge in [-0.3, -0.25) is 14.5 Å². The molecule has 0 bridgehead atoms. The number of carbonyl (C=O) groups excluding carboxylic acids is 2. The molecule has 29 heavy (non-hydrogen) atoms. The maximum Gasteiger partial charge on any atom is 0.246 e. The van der Waals surface area contributed by atoms with Crippen molar-refractivity contribution in [3.8, 4) is 0 Å². The number of hydrogen-bond acceptors (Lipinski definition) is 4. The highest BCUT2D eigenvalue weighted by atomic mass is 32.1. The second-order valence-electron chi connectivity index (χ2n) is 7.75. The van der Waals surface area contributed by atoms with Gasteiger partial charge in [0.15, 0.2) is 0 Å². The van der Waals surface area contributed by atoms with Gasteiger partial charge in [-0.2, -0.15) is 0 Å². The van der Waals surface area contributed by atoms with E-state index in [1.165, 1.54) is 22.1 Å². The molecule has 0 N–H and O–H groups in total. The molecule has 2 amide bonds. The minimum absolute atomic E-state index is 0.0227. The molecule has 0 unspecified atom stereocenters. The Labute approximate surface area is 176 Å². The van der Waals surface area contributed by atoms with Gasteiger partial charge in [0, 0.05) is 37.6 Å². The summed E-state index contributed by atoms with van der Waals surface area (Å²) in [6, 6.07) is 12.3. The number of hydrogen-bond donors (Lipinski definition) is 0. The van der Waals surface area contributed by atoms with Crippen molar-refractivity contribution in [3.63, 3.8) is 0 Å². The first-order chi connectivity index (χ1) is 14.1. The summed E-state index contributed by atoms with van der Waals surface area (Å²) in [5.74, 6) is 0.103. The Morgan fingerprint density at radius 3 is 2.76 bits per heavy atom. The van der Waals surface area contributed by atoms with Crippen LogP contribution >= 0.6 is 11.3 Å². The summed E-state index contributed by atoms with van der Waals surface area (Å²) in [5, 5.41) is 2.14. The van der Waals surface area contributed by atoms with E-state index in [0.717, 1.165) is 25.9 Å². The van der Waals surface area contributed by atoms with Crippen molar-refractivity contribution >= 4 is 23.2 Å². The lowest BCUT2D eigenvalue weighted by Crippen LogP contribution is -2.58. The van der Waals surface area contributed by atoms with Gasteiger partial charge in [-0.1, -0.05) is 36.9 Å². The second kappa shape index (κ2) is 8.93. The summed E-state index contributed by atoms with van der Waals surface area (Å²) in [5.41, 5.74) is 2.53. The van der Waals surface area contributed by atoms with Crippen LogP contribution < -0.4 is 0 Å². The summed E-state index contributed by atoms with van der Waals surface area (Å²) < 4.78 is 0. The number of benzene rings is 1. The Balaban J connectivity index is 1.41. The third kappa shape index (κ3) is 4.60. The van der Waals surface area contributed by atoms with Gasteiger partial charge in [0.25, 0.3) is 0 Å². The Hall–Kier alpha value is -2.44. The molecule has 2 aliphatic heterocycles. The van der Waals surface area contributed by atoms with E-state index in [0.29, 0.717) is 26.2 Å². The summed E-state index contributed by atoms with van der Waals surface area (Å²) in [6.45, 7) is 7.60. The van der Waals surface area contributed by atoms with E-state index in [4.69, 9.17) is 0 Å². The number of nitrogens with zero attached hydrogens (tertiary/aromatic N) is 3. The van der Waals surface area contributed by atoms with E-state index in [1.807, 2.05) is 39.3 Å². The predicted molar refractivity (Wildman–Crippen MR) is 116 cm³/mol. The van der Waals surface area contributed by atoms with Crippen LogP contribution in [0, 0.1) is 0 Å². The Morgan fingerprint density at radius 1 is 1.14 bits per heavy atom. The zero-order chi connectivity index (χ0) is 20.2. The fraction of sp³-hybridized carbons (Fsp3) is 0.391. The SMILES string of the molecule is C=CC(=O)N1CCN(C(=O)CN2CCc3sccc3C2)C[C@@H]1Cc1ccccc1. The first-order valence-electron chi connectivity index (χ1n) is 10.2. The fourth-order valence-electron chi connectivity index (χ4n) is 4.28. The summed E-state index contributed by atoms with van der Waals surface area (Å²) >= 11 is 1.81. The zero-order valence-corrected chi connectivity index (χ0v) is 17.4. The summed E-state index contributed by atoms with van der Waals surface area (Å²) in [7, 11) is 0. The molecule has 2 aromatic rings. The molecule has 0 aliphatic carbocycles. The quantitative estimate of drug-likeness (QED) is 0.713. The molecule has 4 rings (SSSR count). The standard InChI is InChI=1S/C23H27N3O2S/c1-2-22(27)26-12-11-25(16-20(26)14-18-6-4-3-5-7-18)23(28)17-24-10-8-21-19(15-24)9-13-29-21/h2-7,9,13,20H,1,8,10-12,14-17H2/t20-/m0/s1. The number of amides is 2. The number of fused-ring (bicyclic) bond motifs is 1. The van der Waals surface area contributed by atoms with Crippen LogP contribution in [0.5, 0.6) is 0 Å². The molecule has 3 heterocycles. The van der Waals surface area contributed by atoms with Crippen molar-refractivity contribution in [2.75, 3.05) is 32.7 Å². The molecule has 2 aliphatic rings. The zero-order valence-electron chi connectivity index (χ0n) is 16.6. The highest BCUT2D eigenvalue weighted by Crippen LogP contribution is 2.24. The monoisotopic (exact) mass is 409 g/mol. The molecule has 1 aromatic heterocycles. The molecule has 152 valence electrons. The van der Waals surface area contributed by atoms with Crippen molar-refractivity contribution in [3.05, 3.63) is 70.4 Å². The van der Waals surface area contributed by atoms with Gasteiger partial charge in [-0.15, -0.1) is 11.3 Å². The van der Waals surface area contributed by atoms with E-state index in [2.05, 4.69) is 35.1 Å². The average Bonchev–Trinajstić information content (AvgIpc) is 3.22. The molecule has 1 fully saturated rings. The van der Waals surface area contributed by atoms with E-state index in [1.54, 1.807) is 0 Å². The van der Waals surface area contributed by atoms with Crippen LogP contribution in [0.2, 0.25) is 0 Å². The average molecular weight is 410 g/mol. The minimum Gasteiger partial charge on any atom is -0.338 e. The van der Waals surface area contributed by atoms with Crippen molar-refractivity contribution in [1.29, 1.82) is 0 Å². The highest BCUT2D eigenvalue weighted by Gasteiger charge is 2.32. The molecule has 5 nitrogen and oxygen atoms in total. The third-order valence-electron chi connectivity index (χ3n) is 5.85. The van der Waals surface area contributed by atoms with E-state index in [-0.39, 0.29) is 17.9 Å². The molecule has 0 spiro atoms. The molecular weight excluding hydrogens is 382 g/mol. The number of rotatable bonds is 5. The van der Waals surface area contributed by atoms with E-state index in [9.17, 15) is 9.59 Å². The Kier molecular flexibility index (Phi) is 6.11. The van der Waals surface area contributed by atoms with Crippen LogP contribution in [0.15, 0.2) is 54.4 Å².